The highest BCUT2D eigenvalue weighted by molar-refractivity contribution is 8.00. The Kier molecular flexibility index (Phi) is 4.94. The third-order valence-corrected chi connectivity index (χ3v) is 5.84. The van der Waals surface area contributed by atoms with E-state index in [0.29, 0.717) is 18.9 Å². The number of hydrogen-bond acceptors (Lipinski definition) is 7. The maximum Gasteiger partial charge on any atom is 0.232 e. The molecule has 26 heavy (non-hydrogen) atoms. The van der Waals surface area contributed by atoms with Crippen molar-refractivity contribution >= 4 is 39.2 Å². The van der Waals surface area contributed by atoms with Crippen molar-refractivity contribution in [2.75, 3.05) is 26.0 Å². The Bertz CT molecular complexity index is 931. The molecule has 1 aromatic carbocycles. The van der Waals surface area contributed by atoms with Gasteiger partial charge in [0.2, 0.25) is 5.91 Å². The van der Waals surface area contributed by atoms with Crippen LogP contribution in [0.1, 0.15) is 0 Å². The van der Waals surface area contributed by atoms with Crippen LogP contribution >= 0.6 is 23.1 Å². The van der Waals surface area contributed by atoms with Gasteiger partial charge in [-0.2, -0.15) is 0 Å². The lowest BCUT2D eigenvalue weighted by Crippen LogP contribution is -2.42. The summed E-state index contributed by atoms with van der Waals surface area (Å²) in [5.74, 6) is 1.82. The number of thioether (sulfide) groups is 1. The first-order valence-corrected chi connectivity index (χ1v) is 10.0. The molecule has 0 spiro atoms. The van der Waals surface area contributed by atoms with Crippen molar-refractivity contribution in [3.05, 3.63) is 42.0 Å². The van der Waals surface area contributed by atoms with Gasteiger partial charge in [-0.3, -0.25) is 4.79 Å². The summed E-state index contributed by atoms with van der Waals surface area (Å²) in [5, 5.41) is 3.82. The lowest BCUT2D eigenvalue weighted by atomic mass is 10.2. The highest BCUT2D eigenvalue weighted by Gasteiger charge is 2.23. The fraction of sp³-hybridized carbons (Fsp3) is 0.278. The summed E-state index contributed by atoms with van der Waals surface area (Å²) in [5.41, 5.74) is 0. The molecule has 0 aliphatic carbocycles. The van der Waals surface area contributed by atoms with Crippen molar-refractivity contribution in [3.63, 3.8) is 0 Å². The normalized spacial score (nSPS) is 15.8. The van der Waals surface area contributed by atoms with Crippen molar-refractivity contribution in [3.8, 4) is 11.5 Å². The van der Waals surface area contributed by atoms with E-state index < -0.39 is 0 Å². The van der Waals surface area contributed by atoms with Gasteiger partial charge < -0.3 is 14.4 Å². The second-order valence-corrected chi connectivity index (χ2v) is 7.74. The van der Waals surface area contributed by atoms with Crippen molar-refractivity contribution in [1.29, 1.82) is 0 Å². The Hall–Kier alpha value is -2.32. The number of carbonyl (C=O) groups excluding carboxylic acids is 1. The van der Waals surface area contributed by atoms with Crippen LogP contribution in [0.2, 0.25) is 0 Å². The van der Waals surface area contributed by atoms with E-state index in [1.54, 1.807) is 29.6 Å². The molecule has 1 amide bonds. The third-order valence-electron chi connectivity index (χ3n) is 4.03. The van der Waals surface area contributed by atoms with Crippen molar-refractivity contribution in [1.82, 2.24) is 14.9 Å². The first kappa shape index (κ1) is 17.1. The highest BCUT2D eigenvalue weighted by Crippen LogP contribution is 2.31. The van der Waals surface area contributed by atoms with E-state index in [0.717, 1.165) is 26.7 Å². The fourth-order valence-electron chi connectivity index (χ4n) is 2.68. The zero-order chi connectivity index (χ0) is 17.9. The number of carbonyl (C=O) groups is 1. The van der Waals surface area contributed by atoms with E-state index in [9.17, 15) is 4.79 Å². The van der Waals surface area contributed by atoms with Gasteiger partial charge in [0.25, 0.3) is 0 Å². The summed E-state index contributed by atoms with van der Waals surface area (Å²) < 4.78 is 11.6. The topological polar surface area (TPSA) is 64.6 Å². The molecule has 1 aliphatic heterocycles. The minimum absolute atomic E-state index is 0.0273. The summed E-state index contributed by atoms with van der Waals surface area (Å²) in [7, 11) is 1.78. The average molecular weight is 387 g/mol. The van der Waals surface area contributed by atoms with Crippen LogP contribution in [0.5, 0.6) is 11.5 Å². The minimum Gasteiger partial charge on any atom is -0.486 e. The van der Waals surface area contributed by atoms with Gasteiger partial charge in [-0.05, 0) is 23.6 Å². The first-order valence-electron chi connectivity index (χ1n) is 8.14. The summed E-state index contributed by atoms with van der Waals surface area (Å²) in [4.78, 5) is 23.6. The second-order valence-electron chi connectivity index (χ2n) is 5.88. The van der Waals surface area contributed by atoms with E-state index in [4.69, 9.17) is 9.47 Å². The molecule has 6 nitrogen and oxygen atoms in total. The van der Waals surface area contributed by atoms with Crippen LogP contribution in [-0.2, 0) is 4.79 Å². The number of thiophene rings is 1. The summed E-state index contributed by atoms with van der Waals surface area (Å²) in [6.07, 6.45) is 1.37. The average Bonchev–Trinajstić information content (AvgIpc) is 3.15. The smallest absolute Gasteiger partial charge is 0.232 e. The van der Waals surface area contributed by atoms with E-state index in [1.165, 1.54) is 11.8 Å². The molecule has 0 N–H and O–H groups in total. The molecular weight excluding hydrogens is 370 g/mol. The van der Waals surface area contributed by atoms with Gasteiger partial charge >= 0.3 is 0 Å². The molecule has 2 aromatic heterocycles. The highest BCUT2D eigenvalue weighted by atomic mass is 32.2. The molecule has 0 saturated heterocycles. The Morgan fingerprint density at radius 1 is 1.31 bits per heavy atom. The maximum atomic E-state index is 12.5. The van der Waals surface area contributed by atoms with Gasteiger partial charge in [0, 0.05) is 12.4 Å². The number of likely N-dealkylation sites (N-methyl/N-ethyl adjacent to an activating group) is 1. The molecular formula is C18H17N3O3S2. The number of hydrogen-bond donors (Lipinski definition) is 0. The number of nitrogens with zero attached hydrogens (tertiary/aromatic N) is 3. The number of ether oxygens (including phenoxy) is 2. The largest absolute Gasteiger partial charge is 0.486 e. The summed E-state index contributed by atoms with van der Waals surface area (Å²) in [6, 6.07) is 9.56. The van der Waals surface area contributed by atoms with Crippen LogP contribution in [0.3, 0.4) is 0 Å². The molecule has 3 heterocycles. The molecule has 0 fully saturated rings. The third kappa shape index (κ3) is 3.61. The van der Waals surface area contributed by atoms with Crippen LogP contribution < -0.4 is 9.47 Å². The molecule has 4 rings (SSSR count). The van der Waals surface area contributed by atoms with Crippen LogP contribution in [0, 0.1) is 0 Å². The Morgan fingerprint density at radius 2 is 2.15 bits per heavy atom. The van der Waals surface area contributed by atoms with E-state index >= 15 is 0 Å². The van der Waals surface area contributed by atoms with E-state index in [2.05, 4.69) is 9.97 Å². The molecule has 134 valence electrons. The monoisotopic (exact) mass is 387 g/mol. The summed E-state index contributed by atoms with van der Waals surface area (Å²) in [6.45, 7) is 0.911. The van der Waals surface area contributed by atoms with E-state index in [-0.39, 0.29) is 12.0 Å². The standard InChI is InChI=1S/C18H17N3O3S2/c1-21(8-12-9-23-14-4-2-3-5-15(14)24-12)16(22)10-26-18-13-6-7-25-17(13)19-11-20-18/h2-7,11-12H,8-10H2,1H3/t12-/m1/s1. The lowest BCUT2D eigenvalue weighted by molar-refractivity contribution is -0.128. The molecule has 0 bridgehead atoms. The van der Waals surface area contributed by atoms with Gasteiger partial charge in [0.15, 0.2) is 17.6 Å². The van der Waals surface area contributed by atoms with Crippen LogP contribution in [0.25, 0.3) is 10.2 Å². The van der Waals surface area contributed by atoms with Gasteiger partial charge in [-0.25, -0.2) is 9.97 Å². The predicted molar refractivity (Wildman–Crippen MR) is 102 cm³/mol. The van der Waals surface area contributed by atoms with Gasteiger partial charge in [-0.15, -0.1) is 11.3 Å². The number of rotatable bonds is 5. The predicted octanol–water partition coefficient (Wildman–Crippen LogP) is 3.08. The Morgan fingerprint density at radius 3 is 3.04 bits per heavy atom. The van der Waals surface area contributed by atoms with Crippen molar-refractivity contribution in [2.45, 2.75) is 11.1 Å². The zero-order valence-electron chi connectivity index (χ0n) is 14.1. The number of para-hydroxylation sites is 2. The number of amides is 1. The maximum absolute atomic E-state index is 12.5. The van der Waals surface area contributed by atoms with Crippen LogP contribution in [-0.4, -0.2) is 52.8 Å². The fourth-order valence-corrected chi connectivity index (χ4v) is 4.40. The Balaban J connectivity index is 1.33. The molecule has 8 heteroatoms. The SMILES string of the molecule is CN(C[C@@H]1COc2ccccc2O1)C(=O)CSc1ncnc2sccc12. The minimum atomic E-state index is -0.175. The van der Waals surface area contributed by atoms with Crippen LogP contribution in [0.4, 0.5) is 0 Å². The molecule has 0 radical (unpaired) electrons. The van der Waals surface area contributed by atoms with Gasteiger partial charge in [-0.1, -0.05) is 23.9 Å². The molecule has 0 saturated carbocycles. The van der Waals surface area contributed by atoms with Crippen molar-refractivity contribution in [2.24, 2.45) is 0 Å². The number of fused-ring (bicyclic) bond motifs is 2. The quantitative estimate of drug-likeness (QED) is 0.495. The molecule has 1 atom stereocenters. The Labute approximate surface area is 159 Å². The van der Waals surface area contributed by atoms with Crippen molar-refractivity contribution < 1.29 is 14.3 Å². The van der Waals surface area contributed by atoms with Gasteiger partial charge in [0.1, 0.15) is 22.8 Å². The molecule has 3 aromatic rings. The number of aromatic nitrogens is 2. The summed E-state index contributed by atoms with van der Waals surface area (Å²) >= 11 is 3.00. The second kappa shape index (κ2) is 7.51. The molecule has 0 unspecified atom stereocenters. The number of benzene rings is 1. The van der Waals surface area contributed by atoms with E-state index in [1.807, 2.05) is 35.7 Å². The molecule has 1 aliphatic rings. The lowest BCUT2D eigenvalue weighted by Gasteiger charge is -2.29. The first-order chi connectivity index (χ1) is 12.7. The van der Waals surface area contributed by atoms with Crippen LogP contribution in [0.15, 0.2) is 47.1 Å². The van der Waals surface area contributed by atoms with Gasteiger partial charge in [0.05, 0.1) is 12.3 Å². The zero-order valence-corrected chi connectivity index (χ0v) is 15.8.